The molecular formula is C29H33BrClN3O5S. The lowest BCUT2D eigenvalue weighted by Crippen LogP contribution is -2.55. The molecule has 11 heteroatoms. The lowest BCUT2D eigenvalue weighted by atomic mass is 9.70. The van der Waals surface area contributed by atoms with Crippen LogP contribution in [0.5, 0.6) is 5.75 Å². The van der Waals surface area contributed by atoms with E-state index in [1.165, 1.54) is 4.90 Å². The average Bonchev–Trinajstić information content (AvgIpc) is 3.52. The summed E-state index contributed by atoms with van der Waals surface area (Å²) in [6, 6.07) is 11.1. The standard InChI is InChI=1S/C29H33BrClN3O5S/c1-4-17(14-35)34-25(27(37)33-23-15(3)7-6-8-20(23)31)29-13-19(30)24(40-29)21(22(29)28(34)38)26(36)32-16-9-11-18(12-10-16)39-5-2/h6-12,17,19,21-22,24-25,35H,4-5,13-14H2,1-3H3,(H,32,36)(H,33,37)/t17-,19?,21+,22-,24+,25?,29?/m0/s1. The molecule has 0 radical (unpaired) electrons. The molecule has 3 heterocycles. The molecule has 0 saturated carbocycles. The molecule has 0 aromatic heterocycles. The maximum absolute atomic E-state index is 14.2. The Morgan fingerprint density at radius 2 is 1.93 bits per heavy atom. The van der Waals surface area contributed by atoms with Crippen LogP contribution in [0.25, 0.3) is 0 Å². The van der Waals surface area contributed by atoms with E-state index >= 15 is 0 Å². The van der Waals surface area contributed by atoms with Crippen LogP contribution in [0.1, 0.15) is 32.3 Å². The Balaban J connectivity index is 1.50. The Labute approximate surface area is 251 Å². The van der Waals surface area contributed by atoms with Crippen molar-refractivity contribution >= 4 is 68.4 Å². The number of ether oxygens (including phenoxy) is 1. The van der Waals surface area contributed by atoms with Crippen molar-refractivity contribution in [3.63, 3.8) is 0 Å². The summed E-state index contributed by atoms with van der Waals surface area (Å²) in [6.45, 7) is 5.89. The molecule has 214 valence electrons. The highest BCUT2D eigenvalue weighted by Gasteiger charge is 2.76. The number of nitrogens with zero attached hydrogens (tertiary/aromatic N) is 1. The summed E-state index contributed by atoms with van der Waals surface area (Å²) in [4.78, 5) is 43.6. The number of thioether (sulfide) groups is 1. The van der Waals surface area contributed by atoms with Gasteiger partial charge in [-0.15, -0.1) is 11.8 Å². The minimum absolute atomic E-state index is 0.0656. The predicted molar refractivity (Wildman–Crippen MR) is 161 cm³/mol. The van der Waals surface area contributed by atoms with Gasteiger partial charge < -0.3 is 25.4 Å². The maximum Gasteiger partial charge on any atom is 0.248 e. The first-order valence-electron chi connectivity index (χ1n) is 13.5. The quantitative estimate of drug-likeness (QED) is 0.335. The summed E-state index contributed by atoms with van der Waals surface area (Å²) in [7, 11) is 0. The Hall–Kier alpha value is -2.27. The van der Waals surface area contributed by atoms with E-state index < -0.39 is 28.7 Å². The summed E-state index contributed by atoms with van der Waals surface area (Å²) in [5.41, 5.74) is 1.90. The van der Waals surface area contributed by atoms with E-state index in [0.29, 0.717) is 41.6 Å². The van der Waals surface area contributed by atoms with Crippen molar-refractivity contribution < 1.29 is 24.2 Å². The molecule has 2 bridgehead atoms. The monoisotopic (exact) mass is 649 g/mol. The molecule has 3 unspecified atom stereocenters. The molecule has 40 heavy (non-hydrogen) atoms. The van der Waals surface area contributed by atoms with Crippen LogP contribution in [-0.2, 0) is 14.4 Å². The molecule has 3 aliphatic heterocycles. The molecular weight excluding hydrogens is 618 g/mol. The van der Waals surface area contributed by atoms with Gasteiger partial charge in [0.1, 0.15) is 11.8 Å². The summed E-state index contributed by atoms with van der Waals surface area (Å²) in [6.07, 6.45) is 1.01. The third kappa shape index (κ3) is 4.80. The van der Waals surface area contributed by atoms with Crippen molar-refractivity contribution in [1.29, 1.82) is 0 Å². The normalized spacial score (nSPS) is 29.3. The number of para-hydroxylation sites is 1. The number of nitrogens with one attached hydrogen (secondary N) is 2. The van der Waals surface area contributed by atoms with Gasteiger partial charge in [-0.25, -0.2) is 0 Å². The number of alkyl halides is 1. The zero-order chi connectivity index (χ0) is 28.8. The van der Waals surface area contributed by atoms with Gasteiger partial charge in [-0.05, 0) is 62.6 Å². The number of rotatable bonds is 9. The van der Waals surface area contributed by atoms with Crippen molar-refractivity contribution in [2.45, 2.75) is 60.5 Å². The first-order chi connectivity index (χ1) is 19.2. The van der Waals surface area contributed by atoms with Crippen LogP contribution in [0.4, 0.5) is 11.4 Å². The molecule has 3 aliphatic rings. The van der Waals surface area contributed by atoms with Gasteiger partial charge in [0.2, 0.25) is 17.7 Å². The SMILES string of the molecule is CCOc1ccc(NC(=O)[C@H]2[C@@H]3SC4(CC3Br)C(C(=O)Nc3c(C)cccc3Cl)N([C@@H](CC)CO)C(=O)[C@H]24)cc1. The van der Waals surface area contributed by atoms with Gasteiger partial charge in [0.15, 0.2) is 0 Å². The molecule has 5 rings (SSSR count). The summed E-state index contributed by atoms with van der Waals surface area (Å²) in [5, 5.41) is 16.4. The lowest BCUT2D eigenvalue weighted by molar-refractivity contribution is -0.141. The first kappa shape index (κ1) is 29.2. The van der Waals surface area contributed by atoms with Crippen molar-refractivity contribution in [3.05, 3.63) is 53.1 Å². The molecule has 3 N–H and O–H groups in total. The lowest BCUT2D eigenvalue weighted by Gasteiger charge is -2.37. The van der Waals surface area contributed by atoms with Crippen molar-refractivity contribution in [1.82, 2.24) is 4.90 Å². The molecule has 1 spiro atoms. The van der Waals surface area contributed by atoms with Gasteiger partial charge >= 0.3 is 0 Å². The van der Waals surface area contributed by atoms with Gasteiger partial charge in [-0.1, -0.05) is 46.6 Å². The second-order valence-electron chi connectivity index (χ2n) is 10.5. The van der Waals surface area contributed by atoms with Crippen LogP contribution in [0.3, 0.4) is 0 Å². The van der Waals surface area contributed by atoms with E-state index in [0.717, 1.165) is 5.56 Å². The maximum atomic E-state index is 14.2. The van der Waals surface area contributed by atoms with Crippen molar-refractivity contribution in [2.24, 2.45) is 11.8 Å². The van der Waals surface area contributed by atoms with Crippen LogP contribution in [-0.4, -0.2) is 67.8 Å². The molecule has 2 aromatic carbocycles. The van der Waals surface area contributed by atoms with E-state index in [1.54, 1.807) is 42.1 Å². The fraction of sp³-hybridized carbons (Fsp3) is 0.483. The summed E-state index contributed by atoms with van der Waals surface area (Å²) in [5.74, 6) is -1.54. The number of benzene rings is 2. The van der Waals surface area contributed by atoms with Gasteiger partial charge in [-0.3, -0.25) is 14.4 Å². The number of fused-ring (bicyclic) bond motifs is 1. The molecule has 8 nitrogen and oxygen atoms in total. The zero-order valence-corrected chi connectivity index (χ0v) is 25.7. The van der Waals surface area contributed by atoms with Gasteiger partial charge in [0.05, 0.1) is 46.5 Å². The van der Waals surface area contributed by atoms with Crippen LogP contribution in [0.15, 0.2) is 42.5 Å². The highest BCUT2D eigenvalue weighted by molar-refractivity contribution is 9.09. The summed E-state index contributed by atoms with van der Waals surface area (Å²) < 4.78 is 4.66. The fourth-order valence-corrected chi connectivity index (χ4v) is 10.4. The third-order valence-corrected chi connectivity index (χ3v) is 11.8. The number of aliphatic hydroxyl groups is 1. The topological polar surface area (TPSA) is 108 Å². The number of hydrogen-bond donors (Lipinski definition) is 3. The Morgan fingerprint density at radius 3 is 2.55 bits per heavy atom. The highest BCUT2D eigenvalue weighted by atomic mass is 79.9. The van der Waals surface area contributed by atoms with E-state index in [9.17, 15) is 19.5 Å². The number of aliphatic hydroxyl groups excluding tert-OH is 1. The van der Waals surface area contributed by atoms with Crippen LogP contribution in [0, 0.1) is 18.8 Å². The third-order valence-electron chi connectivity index (χ3n) is 8.26. The van der Waals surface area contributed by atoms with Crippen molar-refractivity contribution in [3.8, 4) is 5.75 Å². The minimum atomic E-state index is -0.879. The largest absolute Gasteiger partial charge is 0.494 e. The number of likely N-dealkylation sites (tertiary alicyclic amines) is 1. The average molecular weight is 651 g/mol. The molecule has 3 amide bonds. The van der Waals surface area contributed by atoms with Crippen LogP contribution in [0.2, 0.25) is 5.02 Å². The van der Waals surface area contributed by atoms with E-state index in [-0.39, 0.29) is 34.4 Å². The number of carbonyl (C=O) groups excluding carboxylic acids is 3. The van der Waals surface area contributed by atoms with Gasteiger partial charge in [0, 0.05) is 15.8 Å². The zero-order valence-electron chi connectivity index (χ0n) is 22.5. The number of hydrogen-bond acceptors (Lipinski definition) is 6. The molecule has 0 aliphatic carbocycles. The molecule has 7 atom stereocenters. The van der Waals surface area contributed by atoms with Crippen LogP contribution < -0.4 is 15.4 Å². The molecule has 2 aromatic rings. The second kappa shape index (κ2) is 11.5. The van der Waals surface area contributed by atoms with Gasteiger partial charge in [0.25, 0.3) is 0 Å². The highest BCUT2D eigenvalue weighted by Crippen LogP contribution is 2.68. The van der Waals surface area contributed by atoms with E-state index in [4.69, 9.17) is 16.3 Å². The summed E-state index contributed by atoms with van der Waals surface area (Å²) >= 11 is 11.8. The number of halogens is 2. The number of aryl methyl sites for hydroxylation is 1. The minimum Gasteiger partial charge on any atom is -0.494 e. The van der Waals surface area contributed by atoms with E-state index in [2.05, 4.69) is 26.6 Å². The van der Waals surface area contributed by atoms with E-state index in [1.807, 2.05) is 32.9 Å². The number of carbonyl (C=O) groups is 3. The molecule has 3 saturated heterocycles. The van der Waals surface area contributed by atoms with Gasteiger partial charge in [-0.2, -0.15) is 0 Å². The van der Waals surface area contributed by atoms with Crippen molar-refractivity contribution in [2.75, 3.05) is 23.8 Å². The Kier molecular flexibility index (Phi) is 8.44. The Bertz CT molecular complexity index is 1290. The fourth-order valence-electron chi connectivity index (χ4n) is 6.48. The predicted octanol–water partition coefficient (Wildman–Crippen LogP) is 4.86. The smallest absolute Gasteiger partial charge is 0.248 e. The van der Waals surface area contributed by atoms with Crippen LogP contribution >= 0.6 is 39.3 Å². The Morgan fingerprint density at radius 1 is 1.20 bits per heavy atom. The number of anilines is 2. The second-order valence-corrected chi connectivity index (χ2v) is 13.6. The molecule has 3 fully saturated rings. The number of amides is 3. The first-order valence-corrected chi connectivity index (χ1v) is 15.7.